The van der Waals surface area contributed by atoms with E-state index in [-0.39, 0.29) is 5.91 Å². The van der Waals surface area contributed by atoms with Crippen molar-refractivity contribution in [3.63, 3.8) is 0 Å². The van der Waals surface area contributed by atoms with Gasteiger partial charge < -0.3 is 10.6 Å². The molecule has 2 N–H and O–H groups in total. The summed E-state index contributed by atoms with van der Waals surface area (Å²) in [4.78, 5) is 11.5. The third kappa shape index (κ3) is 4.87. The number of hydrogen-bond donors (Lipinski definition) is 2. The third-order valence-electron chi connectivity index (χ3n) is 2.89. The van der Waals surface area contributed by atoms with Gasteiger partial charge in [-0.1, -0.05) is 13.8 Å². The fourth-order valence-corrected chi connectivity index (χ4v) is 1.55. The standard InChI is InChI=1S/C13H24N4O/c1-10(2)7-15-13(18)5-6-14-8-12-9-16-17(4)11(12)3/h9-10,14H,5-8H2,1-4H3,(H,15,18). The van der Waals surface area contributed by atoms with Crippen LogP contribution in [-0.4, -0.2) is 28.8 Å². The molecule has 0 atom stereocenters. The van der Waals surface area contributed by atoms with Gasteiger partial charge in [-0.25, -0.2) is 0 Å². The highest BCUT2D eigenvalue weighted by atomic mass is 16.1. The summed E-state index contributed by atoms with van der Waals surface area (Å²) in [6, 6.07) is 0. The van der Waals surface area contributed by atoms with Gasteiger partial charge in [-0.3, -0.25) is 9.48 Å². The highest BCUT2D eigenvalue weighted by Crippen LogP contribution is 2.04. The summed E-state index contributed by atoms with van der Waals surface area (Å²) >= 11 is 0. The normalized spacial score (nSPS) is 10.9. The van der Waals surface area contributed by atoms with Crippen LogP contribution in [0, 0.1) is 12.8 Å². The smallest absolute Gasteiger partial charge is 0.221 e. The molecule has 1 heterocycles. The SMILES string of the molecule is Cc1c(CNCCC(=O)NCC(C)C)cnn1C. The summed E-state index contributed by atoms with van der Waals surface area (Å²) in [5.41, 5.74) is 2.34. The maximum Gasteiger partial charge on any atom is 0.221 e. The van der Waals surface area contributed by atoms with Gasteiger partial charge in [-0.2, -0.15) is 5.10 Å². The fraction of sp³-hybridized carbons (Fsp3) is 0.692. The number of aromatic nitrogens is 2. The summed E-state index contributed by atoms with van der Waals surface area (Å²) < 4.78 is 1.85. The highest BCUT2D eigenvalue weighted by Gasteiger charge is 2.04. The van der Waals surface area contributed by atoms with Gasteiger partial charge in [0.2, 0.25) is 5.91 Å². The second kappa shape index (κ2) is 7.16. The monoisotopic (exact) mass is 252 g/mol. The van der Waals surface area contributed by atoms with Crippen LogP contribution in [0.1, 0.15) is 31.5 Å². The number of hydrogen-bond acceptors (Lipinski definition) is 3. The van der Waals surface area contributed by atoms with Crippen LogP contribution in [0.2, 0.25) is 0 Å². The lowest BCUT2D eigenvalue weighted by molar-refractivity contribution is -0.121. The van der Waals surface area contributed by atoms with Crippen molar-refractivity contribution in [1.82, 2.24) is 20.4 Å². The quantitative estimate of drug-likeness (QED) is 0.711. The van der Waals surface area contributed by atoms with E-state index in [1.165, 1.54) is 5.56 Å². The van der Waals surface area contributed by atoms with Crippen LogP contribution in [-0.2, 0) is 18.4 Å². The van der Waals surface area contributed by atoms with Crippen molar-refractivity contribution in [3.8, 4) is 0 Å². The number of carbonyl (C=O) groups excluding carboxylic acids is 1. The topological polar surface area (TPSA) is 59.0 Å². The molecule has 1 amide bonds. The number of amides is 1. The van der Waals surface area contributed by atoms with Crippen LogP contribution >= 0.6 is 0 Å². The molecule has 1 aromatic heterocycles. The summed E-state index contributed by atoms with van der Waals surface area (Å²) in [5.74, 6) is 0.610. The van der Waals surface area contributed by atoms with E-state index in [0.29, 0.717) is 18.9 Å². The van der Waals surface area contributed by atoms with E-state index in [1.54, 1.807) is 0 Å². The lowest BCUT2D eigenvalue weighted by atomic mass is 10.2. The van der Waals surface area contributed by atoms with Crippen molar-refractivity contribution in [2.45, 2.75) is 33.7 Å². The molecule has 5 nitrogen and oxygen atoms in total. The lowest BCUT2D eigenvalue weighted by Gasteiger charge is -2.08. The van der Waals surface area contributed by atoms with Gasteiger partial charge in [-0.15, -0.1) is 0 Å². The number of carbonyl (C=O) groups is 1. The number of aryl methyl sites for hydroxylation is 1. The Morgan fingerprint density at radius 3 is 2.78 bits per heavy atom. The zero-order chi connectivity index (χ0) is 13.5. The fourth-order valence-electron chi connectivity index (χ4n) is 1.55. The molecule has 0 aliphatic rings. The molecule has 0 aliphatic carbocycles. The van der Waals surface area contributed by atoms with Gasteiger partial charge in [0.05, 0.1) is 6.20 Å². The number of rotatable bonds is 7. The van der Waals surface area contributed by atoms with Gasteiger partial charge in [-0.05, 0) is 12.8 Å². The van der Waals surface area contributed by atoms with E-state index in [9.17, 15) is 4.79 Å². The summed E-state index contributed by atoms with van der Waals surface area (Å²) in [5, 5.41) is 10.3. The van der Waals surface area contributed by atoms with E-state index in [1.807, 2.05) is 24.9 Å². The van der Waals surface area contributed by atoms with Crippen LogP contribution in [0.5, 0.6) is 0 Å². The molecule has 0 unspecified atom stereocenters. The minimum absolute atomic E-state index is 0.110. The second-order valence-electron chi connectivity index (χ2n) is 5.00. The van der Waals surface area contributed by atoms with Crippen molar-refractivity contribution in [1.29, 1.82) is 0 Å². The minimum Gasteiger partial charge on any atom is -0.356 e. The average molecular weight is 252 g/mol. The van der Waals surface area contributed by atoms with Gasteiger partial charge in [0, 0.05) is 44.4 Å². The van der Waals surface area contributed by atoms with E-state index >= 15 is 0 Å². The van der Waals surface area contributed by atoms with Crippen LogP contribution in [0.15, 0.2) is 6.20 Å². The predicted molar refractivity (Wildman–Crippen MR) is 72.1 cm³/mol. The van der Waals surface area contributed by atoms with Crippen LogP contribution < -0.4 is 10.6 Å². The average Bonchev–Trinajstić information content (AvgIpc) is 2.63. The largest absolute Gasteiger partial charge is 0.356 e. The maximum atomic E-state index is 11.5. The first-order chi connectivity index (χ1) is 8.50. The van der Waals surface area contributed by atoms with Crippen LogP contribution in [0.25, 0.3) is 0 Å². The van der Waals surface area contributed by atoms with Crippen LogP contribution in [0.4, 0.5) is 0 Å². The minimum atomic E-state index is 0.110. The van der Waals surface area contributed by atoms with E-state index in [0.717, 1.165) is 18.8 Å². The molecule has 5 heteroatoms. The zero-order valence-corrected chi connectivity index (χ0v) is 11.8. The molecule has 18 heavy (non-hydrogen) atoms. The number of nitrogens with zero attached hydrogens (tertiary/aromatic N) is 2. The van der Waals surface area contributed by atoms with Crippen molar-refractivity contribution in [3.05, 3.63) is 17.5 Å². The molecule has 0 saturated heterocycles. The molecule has 0 aromatic carbocycles. The van der Waals surface area contributed by atoms with Crippen molar-refractivity contribution in [2.24, 2.45) is 13.0 Å². The van der Waals surface area contributed by atoms with Crippen molar-refractivity contribution >= 4 is 5.91 Å². The summed E-state index contributed by atoms with van der Waals surface area (Å²) in [6.45, 7) is 8.42. The Morgan fingerprint density at radius 1 is 1.50 bits per heavy atom. The maximum absolute atomic E-state index is 11.5. The first-order valence-electron chi connectivity index (χ1n) is 6.45. The molecule has 0 bridgehead atoms. The van der Waals surface area contributed by atoms with Crippen molar-refractivity contribution in [2.75, 3.05) is 13.1 Å². The van der Waals surface area contributed by atoms with Crippen molar-refractivity contribution < 1.29 is 4.79 Å². The predicted octanol–water partition coefficient (Wildman–Crippen LogP) is 0.980. The summed E-state index contributed by atoms with van der Waals surface area (Å²) in [7, 11) is 1.93. The molecule has 0 spiro atoms. The Balaban J connectivity index is 2.15. The molecule has 102 valence electrons. The Hall–Kier alpha value is -1.36. The zero-order valence-electron chi connectivity index (χ0n) is 11.8. The number of nitrogens with one attached hydrogen (secondary N) is 2. The first kappa shape index (κ1) is 14.7. The third-order valence-corrected chi connectivity index (χ3v) is 2.89. The van der Waals surface area contributed by atoms with E-state index < -0.39 is 0 Å². The molecular weight excluding hydrogens is 228 g/mol. The highest BCUT2D eigenvalue weighted by molar-refractivity contribution is 5.76. The van der Waals surface area contributed by atoms with Gasteiger partial charge in [0.1, 0.15) is 0 Å². The second-order valence-corrected chi connectivity index (χ2v) is 5.00. The molecule has 0 radical (unpaired) electrons. The van der Waals surface area contributed by atoms with Gasteiger partial charge >= 0.3 is 0 Å². The van der Waals surface area contributed by atoms with Gasteiger partial charge in [0.25, 0.3) is 0 Å². The molecule has 0 aliphatic heterocycles. The van der Waals surface area contributed by atoms with Gasteiger partial charge in [0.15, 0.2) is 0 Å². The molecule has 0 saturated carbocycles. The van der Waals surface area contributed by atoms with E-state index in [4.69, 9.17) is 0 Å². The molecule has 1 rings (SSSR count). The lowest BCUT2D eigenvalue weighted by Crippen LogP contribution is -2.30. The Bertz CT molecular complexity index is 384. The molecule has 1 aromatic rings. The Labute approximate surface area is 109 Å². The molecular formula is C13H24N4O. The van der Waals surface area contributed by atoms with Crippen LogP contribution in [0.3, 0.4) is 0 Å². The Morgan fingerprint density at radius 2 is 2.22 bits per heavy atom. The van der Waals surface area contributed by atoms with E-state index in [2.05, 4.69) is 29.6 Å². The Kier molecular flexibility index (Phi) is 5.85. The summed E-state index contributed by atoms with van der Waals surface area (Å²) in [6.07, 6.45) is 2.38. The first-order valence-corrected chi connectivity index (χ1v) is 6.45. The molecule has 0 fully saturated rings.